The molecule has 1 heterocycles. The molecule has 0 saturated heterocycles. The van der Waals surface area contributed by atoms with Gasteiger partial charge >= 0.3 is 0 Å². The van der Waals surface area contributed by atoms with E-state index in [0.717, 1.165) is 27.8 Å². The van der Waals surface area contributed by atoms with Crippen molar-refractivity contribution in [2.45, 2.75) is 12.8 Å². The third kappa shape index (κ3) is 4.31. The van der Waals surface area contributed by atoms with Crippen LogP contribution in [0.25, 0.3) is 0 Å². The third-order valence-electron chi connectivity index (χ3n) is 2.96. The van der Waals surface area contributed by atoms with Crippen molar-refractivity contribution in [2.75, 3.05) is 13.6 Å². The van der Waals surface area contributed by atoms with Crippen molar-refractivity contribution in [1.29, 1.82) is 0 Å². The van der Waals surface area contributed by atoms with E-state index in [0.29, 0.717) is 0 Å². The average Bonchev–Trinajstić information content (AvgIpc) is 2.85. The first kappa shape index (κ1) is 14.5. The first-order valence-electron chi connectivity index (χ1n) is 6.20. The Hall–Kier alpha value is -0.880. The zero-order chi connectivity index (χ0) is 13.7. The lowest BCUT2D eigenvalue weighted by atomic mass is 10.1. The standard InChI is InChI=1S/C15H16INOS/c1-17(15(18)13-10-14(16)19-11-13)9-5-8-12-6-3-2-4-7-12/h2-4,6-7,10-11H,5,8-9H2,1H3. The summed E-state index contributed by atoms with van der Waals surface area (Å²) in [5, 5.41) is 1.93. The summed E-state index contributed by atoms with van der Waals surface area (Å²) in [7, 11) is 1.87. The number of halogens is 1. The molecule has 100 valence electrons. The Bertz CT molecular complexity index is 538. The van der Waals surface area contributed by atoms with Crippen molar-refractivity contribution in [2.24, 2.45) is 0 Å². The van der Waals surface area contributed by atoms with E-state index in [9.17, 15) is 4.79 Å². The quantitative estimate of drug-likeness (QED) is 0.711. The molecule has 0 spiro atoms. The van der Waals surface area contributed by atoms with Gasteiger partial charge in [-0.15, -0.1) is 11.3 Å². The van der Waals surface area contributed by atoms with Crippen molar-refractivity contribution in [3.8, 4) is 0 Å². The number of hydrogen-bond donors (Lipinski definition) is 0. The molecule has 0 aliphatic heterocycles. The number of carbonyl (C=O) groups excluding carboxylic acids is 1. The molecular formula is C15H16INOS. The Balaban J connectivity index is 1.81. The summed E-state index contributed by atoms with van der Waals surface area (Å²) in [6.45, 7) is 0.792. The highest BCUT2D eigenvalue weighted by molar-refractivity contribution is 14.1. The molecule has 0 aliphatic carbocycles. The Morgan fingerprint density at radius 3 is 2.68 bits per heavy atom. The van der Waals surface area contributed by atoms with E-state index in [-0.39, 0.29) is 5.91 Å². The predicted octanol–water partition coefficient (Wildman–Crippen LogP) is 4.06. The van der Waals surface area contributed by atoms with Crippen molar-refractivity contribution in [3.05, 3.63) is 55.8 Å². The first-order chi connectivity index (χ1) is 9.16. The molecule has 19 heavy (non-hydrogen) atoms. The van der Waals surface area contributed by atoms with Crippen LogP contribution in [0.5, 0.6) is 0 Å². The second kappa shape index (κ2) is 7.05. The van der Waals surface area contributed by atoms with E-state index in [4.69, 9.17) is 0 Å². The molecule has 0 aliphatic rings. The van der Waals surface area contributed by atoms with Gasteiger partial charge in [-0.2, -0.15) is 0 Å². The lowest BCUT2D eigenvalue weighted by Crippen LogP contribution is -2.27. The van der Waals surface area contributed by atoms with Crippen LogP contribution in [0, 0.1) is 2.88 Å². The molecule has 0 radical (unpaired) electrons. The Labute approximate surface area is 131 Å². The van der Waals surface area contributed by atoms with E-state index in [1.807, 2.05) is 24.6 Å². The number of benzene rings is 1. The zero-order valence-electron chi connectivity index (χ0n) is 10.8. The molecular weight excluding hydrogens is 369 g/mol. The van der Waals surface area contributed by atoms with Gasteiger partial charge in [0.2, 0.25) is 0 Å². The fourth-order valence-corrected chi connectivity index (χ4v) is 3.23. The number of nitrogens with zero attached hydrogens (tertiary/aromatic N) is 1. The van der Waals surface area contributed by atoms with Crippen LogP contribution in [0.2, 0.25) is 0 Å². The molecule has 0 unspecified atom stereocenters. The largest absolute Gasteiger partial charge is 0.342 e. The highest BCUT2D eigenvalue weighted by Crippen LogP contribution is 2.18. The average molecular weight is 385 g/mol. The van der Waals surface area contributed by atoms with Crippen molar-refractivity contribution < 1.29 is 4.79 Å². The van der Waals surface area contributed by atoms with Gasteiger partial charge in [0.25, 0.3) is 5.91 Å². The normalized spacial score (nSPS) is 10.4. The van der Waals surface area contributed by atoms with E-state index in [1.165, 1.54) is 5.56 Å². The van der Waals surface area contributed by atoms with Crippen LogP contribution in [-0.4, -0.2) is 24.4 Å². The van der Waals surface area contributed by atoms with Crippen LogP contribution in [0.4, 0.5) is 0 Å². The zero-order valence-corrected chi connectivity index (χ0v) is 13.8. The molecule has 1 amide bonds. The summed E-state index contributed by atoms with van der Waals surface area (Å²) in [5.41, 5.74) is 2.13. The highest BCUT2D eigenvalue weighted by Gasteiger charge is 2.12. The lowest BCUT2D eigenvalue weighted by molar-refractivity contribution is 0.0794. The minimum Gasteiger partial charge on any atom is -0.342 e. The number of amides is 1. The van der Waals surface area contributed by atoms with Gasteiger partial charge < -0.3 is 4.90 Å². The maximum atomic E-state index is 12.1. The molecule has 2 rings (SSSR count). The molecule has 2 nitrogen and oxygen atoms in total. The van der Waals surface area contributed by atoms with Gasteiger partial charge in [-0.25, -0.2) is 0 Å². The lowest BCUT2D eigenvalue weighted by Gasteiger charge is -2.16. The van der Waals surface area contributed by atoms with E-state index in [2.05, 4.69) is 46.9 Å². The fraction of sp³-hybridized carbons (Fsp3) is 0.267. The molecule has 0 saturated carbocycles. The number of carbonyl (C=O) groups is 1. The van der Waals surface area contributed by atoms with Gasteiger partial charge in [0.15, 0.2) is 0 Å². The van der Waals surface area contributed by atoms with Crippen LogP contribution >= 0.6 is 33.9 Å². The van der Waals surface area contributed by atoms with Gasteiger partial charge in [0.1, 0.15) is 0 Å². The Kier molecular flexibility index (Phi) is 5.39. The van der Waals surface area contributed by atoms with E-state index < -0.39 is 0 Å². The Morgan fingerprint density at radius 1 is 1.32 bits per heavy atom. The summed E-state index contributed by atoms with van der Waals surface area (Å²) in [6, 6.07) is 12.3. The van der Waals surface area contributed by atoms with Crippen LogP contribution in [0.1, 0.15) is 22.3 Å². The number of hydrogen-bond acceptors (Lipinski definition) is 2. The van der Waals surface area contributed by atoms with Gasteiger partial charge in [0, 0.05) is 19.0 Å². The SMILES string of the molecule is CN(CCCc1ccccc1)C(=O)c1csc(I)c1. The summed E-state index contributed by atoms with van der Waals surface area (Å²) in [4.78, 5) is 13.9. The summed E-state index contributed by atoms with van der Waals surface area (Å²) in [5.74, 6) is 0.118. The maximum absolute atomic E-state index is 12.1. The number of thiophene rings is 1. The van der Waals surface area contributed by atoms with Gasteiger partial charge in [0.05, 0.1) is 8.45 Å². The molecule has 1 aromatic heterocycles. The highest BCUT2D eigenvalue weighted by atomic mass is 127. The minimum atomic E-state index is 0.118. The molecule has 0 bridgehead atoms. The molecule has 0 atom stereocenters. The second-order valence-corrected chi connectivity index (χ2v) is 7.26. The third-order valence-corrected chi connectivity index (χ3v) is 4.75. The van der Waals surface area contributed by atoms with Crippen molar-refractivity contribution in [1.82, 2.24) is 4.90 Å². The van der Waals surface area contributed by atoms with Gasteiger partial charge in [-0.1, -0.05) is 30.3 Å². The van der Waals surface area contributed by atoms with E-state index >= 15 is 0 Å². The summed E-state index contributed by atoms with van der Waals surface area (Å²) in [6.07, 6.45) is 2.01. The Morgan fingerprint density at radius 2 is 2.05 bits per heavy atom. The van der Waals surface area contributed by atoms with Crippen LogP contribution in [0.15, 0.2) is 41.8 Å². The van der Waals surface area contributed by atoms with Crippen LogP contribution < -0.4 is 0 Å². The fourth-order valence-electron chi connectivity index (χ4n) is 1.91. The van der Waals surface area contributed by atoms with Crippen molar-refractivity contribution >= 4 is 39.8 Å². The van der Waals surface area contributed by atoms with Crippen LogP contribution in [-0.2, 0) is 6.42 Å². The van der Waals surface area contributed by atoms with Gasteiger partial charge in [-0.3, -0.25) is 4.79 Å². The van der Waals surface area contributed by atoms with E-state index in [1.54, 1.807) is 16.2 Å². The molecule has 0 N–H and O–H groups in total. The second-order valence-electron chi connectivity index (χ2n) is 4.46. The molecule has 2 aromatic rings. The van der Waals surface area contributed by atoms with Crippen LogP contribution in [0.3, 0.4) is 0 Å². The first-order valence-corrected chi connectivity index (χ1v) is 8.16. The molecule has 4 heteroatoms. The topological polar surface area (TPSA) is 20.3 Å². The molecule has 1 aromatic carbocycles. The molecule has 0 fully saturated rings. The van der Waals surface area contributed by atoms with Gasteiger partial charge in [-0.05, 0) is 47.1 Å². The minimum absolute atomic E-state index is 0.118. The van der Waals surface area contributed by atoms with Crippen molar-refractivity contribution in [3.63, 3.8) is 0 Å². The summed E-state index contributed by atoms with van der Waals surface area (Å²) >= 11 is 3.85. The summed E-state index contributed by atoms with van der Waals surface area (Å²) < 4.78 is 1.15. The number of aryl methyl sites for hydroxylation is 1. The monoisotopic (exact) mass is 385 g/mol. The number of rotatable bonds is 5. The smallest absolute Gasteiger partial charge is 0.254 e. The maximum Gasteiger partial charge on any atom is 0.254 e. The predicted molar refractivity (Wildman–Crippen MR) is 88.8 cm³/mol.